The zero-order valence-corrected chi connectivity index (χ0v) is 18.8. The van der Waals surface area contributed by atoms with Crippen LogP contribution in [0.15, 0.2) is 0 Å². The first-order valence-corrected chi connectivity index (χ1v) is 9.10. The number of halogens is 10. The lowest BCUT2D eigenvalue weighted by molar-refractivity contribution is -0.193. The van der Waals surface area contributed by atoms with E-state index in [2.05, 4.69) is 37.9 Å². The number of hydrogen-bond acceptors (Lipinski definition) is 12. The minimum absolute atomic E-state index is 0.337. The van der Waals surface area contributed by atoms with Crippen LogP contribution < -0.4 is 0 Å². The van der Waals surface area contributed by atoms with Crippen molar-refractivity contribution >= 4 is 24.6 Å². The van der Waals surface area contributed by atoms with Crippen molar-refractivity contribution in [3.8, 4) is 0 Å². The van der Waals surface area contributed by atoms with Crippen LogP contribution >= 0.6 is 0 Å². The highest BCUT2D eigenvalue weighted by Gasteiger charge is 2.47. The number of alkyl halides is 10. The van der Waals surface area contributed by atoms with E-state index in [0.717, 1.165) is 14.2 Å². The second-order valence-electron chi connectivity index (χ2n) is 5.78. The lowest BCUT2D eigenvalue weighted by atomic mass is 10.4. The standard InChI is InChI=1S/C4H3F3O3.C4H5F3O3.C4H4F2O3.C4H6F2O3/c5-4(6,7)2-1-9-3(8)10-2;1-9-3(8)10-2-4(5,6)7;5-3(6)2-1-8-4(7)9-2;1-8-4(7)9-2-3(5)6/h2H,1H2;2H2,1H3;2-3H,1H2;3H,2H2,1H3. The van der Waals surface area contributed by atoms with E-state index in [1.807, 2.05) is 0 Å². The van der Waals surface area contributed by atoms with Gasteiger partial charge in [0.25, 0.3) is 12.9 Å². The summed E-state index contributed by atoms with van der Waals surface area (Å²) in [6.07, 6.45) is -22.4. The molecule has 0 aliphatic carbocycles. The second kappa shape index (κ2) is 17.8. The molecular weight excluding hydrogens is 574 g/mol. The summed E-state index contributed by atoms with van der Waals surface area (Å²) in [5, 5.41) is 0. The summed E-state index contributed by atoms with van der Waals surface area (Å²) < 4.78 is 145. The van der Waals surface area contributed by atoms with Crippen LogP contribution in [0.4, 0.5) is 63.1 Å². The van der Waals surface area contributed by atoms with Crippen molar-refractivity contribution in [2.75, 3.05) is 40.6 Å². The van der Waals surface area contributed by atoms with Gasteiger partial charge in [-0.15, -0.1) is 0 Å². The van der Waals surface area contributed by atoms with Gasteiger partial charge in [-0.25, -0.2) is 36.7 Å². The maximum Gasteiger partial charge on any atom is 0.509 e. The Balaban J connectivity index is 0. The maximum absolute atomic E-state index is 11.6. The molecule has 0 aromatic rings. The van der Waals surface area contributed by atoms with Gasteiger partial charge < -0.3 is 37.9 Å². The van der Waals surface area contributed by atoms with Crippen molar-refractivity contribution in [1.82, 2.24) is 0 Å². The molecule has 0 N–H and O–H groups in total. The smallest absolute Gasteiger partial charge is 0.438 e. The molecule has 0 aromatic carbocycles. The highest BCUT2D eigenvalue weighted by Crippen LogP contribution is 2.26. The fraction of sp³-hybridized carbons (Fsp3) is 0.750. The van der Waals surface area contributed by atoms with E-state index in [0.29, 0.717) is 0 Å². The summed E-state index contributed by atoms with van der Waals surface area (Å²) in [5.74, 6) is 0. The summed E-state index contributed by atoms with van der Waals surface area (Å²) in [6.45, 7) is -3.59. The van der Waals surface area contributed by atoms with E-state index in [4.69, 9.17) is 0 Å². The largest absolute Gasteiger partial charge is 0.509 e. The average molecular weight is 592 g/mol. The van der Waals surface area contributed by atoms with E-state index >= 15 is 0 Å². The highest BCUT2D eigenvalue weighted by atomic mass is 19.4. The highest BCUT2D eigenvalue weighted by molar-refractivity contribution is 5.62. The minimum atomic E-state index is -4.51. The Morgan fingerprint density at radius 3 is 1.58 bits per heavy atom. The molecule has 0 radical (unpaired) electrons. The number of ether oxygens (including phenoxy) is 8. The zero-order chi connectivity index (χ0) is 30.1. The molecule has 0 bridgehead atoms. The molecule has 22 heteroatoms. The molecule has 0 amide bonds. The van der Waals surface area contributed by atoms with Gasteiger partial charge in [-0.05, 0) is 0 Å². The second-order valence-corrected chi connectivity index (χ2v) is 5.78. The van der Waals surface area contributed by atoms with Gasteiger partial charge in [0.1, 0.15) is 13.2 Å². The summed E-state index contributed by atoms with van der Waals surface area (Å²) >= 11 is 0. The van der Waals surface area contributed by atoms with E-state index < -0.39 is 81.9 Å². The number of carbonyl (C=O) groups excluding carboxylic acids is 4. The van der Waals surface area contributed by atoms with E-state index in [1.165, 1.54) is 0 Å². The monoisotopic (exact) mass is 592 g/mol. The molecule has 2 atom stereocenters. The fourth-order valence-electron chi connectivity index (χ4n) is 1.34. The van der Waals surface area contributed by atoms with Gasteiger partial charge in [0, 0.05) is 0 Å². The third-order valence-electron chi connectivity index (χ3n) is 2.86. The molecule has 2 unspecified atom stereocenters. The fourth-order valence-corrected chi connectivity index (χ4v) is 1.34. The topological polar surface area (TPSA) is 142 Å². The molecule has 2 aliphatic heterocycles. The first kappa shape index (κ1) is 36.5. The van der Waals surface area contributed by atoms with Crippen molar-refractivity contribution in [2.24, 2.45) is 0 Å². The van der Waals surface area contributed by atoms with Gasteiger partial charge in [-0.2, -0.15) is 26.3 Å². The molecule has 224 valence electrons. The number of methoxy groups -OCH3 is 2. The van der Waals surface area contributed by atoms with Crippen LogP contribution in [0.3, 0.4) is 0 Å². The molecule has 2 saturated heterocycles. The number of rotatable bonds is 4. The van der Waals surface area contributed by atoms with Crippen LogP contribution in [0.25, 0.3) is 0 Å². The lowest BCUT2D eigenvalue weighted by Crippen LogP contribution is -2.30. The number of cyclic esters (lactones) is 4. The Labute approximate surface area is 204 Å². The number of carbonyl (C=O) groups is 4. The Bertz CT molecular complexity index is 725. The lowest BCUT2D eigenvalue weighted by Gasteiger charge is -2.09. The molecule has 2 aliphatic rings. The van der Waals surface area contributed by atoms with Crippen LogP contribution in [-0.4, -0.2) is 103 Å². The van der Waals surface area contributed by atoms with Crippen LogP contribution in [0.1, 0.15) is 0 Å². The van der Waals surface area contributed by atoms with Gasteiger partial charge in [0.2, 0.25) is 6.10 Å². The van der Waals surface area contributed by atoms with Crippen LogP contribution in [0.2, 0.25) is 0 Å². The Morgan fingerprint density at radius 1 is 0.842 bits per heavy atom. The summed E-state index contributed by atoms with van der Waals surface area (Å²) in [5.41, 5.74) is 0. The molecule has 2 rings (SSSR count). The van der Waals surface area contributed by atoms with E-state index in [1.54, 1.807) is 0 Å². The van der Waals surface area contributed by atoms with Crippen molar-refractivity contribution in [1.29, 1.82) is 0 Å². The molecule has 2 fully saturated rings. The third kappa shape index (κ3) is 20.6. The SMILES string of the molecule is COC(=O)OCC(F)(F)F.COC(=O)OCC(F)F.O=C1OCC(C(F)(F)F)O1.O=C1OCC(C(F)F)O1. The number of hydrogen-bond donors (Lipinski definition) is 0. The normalized spacial score (nSPS) is 18.1. The molecule has 2 heterocycles. The van der Waals surface area contributed by atoms with Gasteiger partial charge >= 0.3 is 37.0 Å². The van der Waals surface area contributed by atoms with Crippen molar-refractivity contribution in [3.05, 3.63) is 0 Å². The third-order valence-corrected chi connectivity index (χ3v) is 2.86. The summed E-state index contributed by atoms with van der Waals surface area (Å²) in [6, 6.07) is 0. The van der Waals surface area contributed by atoms with E-state index in [-0.39, 0.29) is 6.61 Å². The van der Waals surface area contributed by atoms with Gasteiger partial charge in [-0.3, -0.25) is 0 Å². The molecule has 0 aromatic heterocycles. The Morgan fingerprint density at radius 2 is 1.32 bits per heavy atom. The van der Waals surface area contributed by atoms with Crippen molar-refractivity contribution in [3.63, 3.8) is 0 Å². The molecule has 0 spiro atoms. The van der Waals surface area contributed by atoms with E-state index in [9.17, 15) is 63.1 Å². The van der Waals surface area contributed by atoms with Crippen LogP contribution in [0.5, 0.6) is 0 Å². The maximum atomic E-state index is 11.6. The van der Waals surface area contributed by atoms with Gasteiger partial charge in [0.15, 0.2) is 19.3 Å². The molecule has 12 nitrogen and oxygen atoms in total. The van der Waals surface area contributed by atoms with Crippen molar-refractivity contribution < 1.29 is 101 Å². The first-order chi connectivity index (χ1) is 17.3. The first-order valence-electron chi connectivity index (χ1n) is 9.10. The predicted molar refractivity (Wildman–Crippen MR) is 93.3 cm³/mol. The van der Waals surface area contributed by atoms with Gasteiger partial charge in [-0.1, -0.05) is 0 Å². The zero-order valence-electron chi connectivity index (χ0n) is 18.8. The Hall–Kier alpha value is -3.62. The quantitative estimate of drug-likeness (QED) is 0.262. The molecule has 38 heavy (non-hydrogen) atoms. The summed E-state index contributed by atoms with van der Waals surface area (Å²) in [4.78, 5) is 39.8. The summed E-state index contributed by atoms with van der Waals surface area (Å²) in [7, 11) is 1.98. The minimum Gasteiger partial charge on any atom is -0.438 e. The molecule has 0 saturated carbocycles. The molecular formula is C16H18F10O12. The van der Waals surface area contributed by atoms with Crippen molar-refractivity contribution in [2.45, 2.75) is 37.4 Å². The average Bonchev–Trinajstić information content (AvgIpc) is 3.45. The van der Waals surface area contributed by atoms with Gasteiger partial charge in [0.05, 0.1) is 14.2 Å². The Kier molecular flexibility index (Phi) is 17.1. The van der Waals surface area contributed by atoms with Crippen LogP contribution in [0, 0.1) is 0 Å². The predicted octanol–water partition coefficient (Wildman–Crippen LogP) is 4.24. The van der Waals surface area contributed by atoms with Crippen LogP contribution in [-0.2, 0) is 37.9 Å².